The van der Waals surface area contributed by atoms with Crippen LogP contribution in [0, 0.1) is 11.7 Å². The van der Waals surface area contributed by atoms with Crippen molar-refractivity contribution >= 4 is 49.7 Å². The molecule has 0 bridgehead atoms. The molecule has 0 saturated carbocycles. The molecule has 0 fully saturated rings. The molecule has 0 heterocycles. The average Bonchev–Trinajstić information content (AvgIpc) is 2.31. The van der Waals surface area contributed by atoms with Gasteiger partial charge in [0.15, 0.2) is 5.12 Å². The maximum atomic E-state index is 13.5. The molecule has 0 aliphatic heterocycles. The Morgan fingerprint density at radius 1 is 1.47 bits per heavy atom. The van der Waals surface area contributed by atoms with Crippen molar-refractivity contribution < 1.29 is 14.0 Å². The fourth-order valence-electron chi connectivity index (χ4n) is 1.35. The molecular formula is C13H13BrClFO2S. The summed E-state index contributed by atoms with van der Waals surface area (Å²) in [7, 11) is 0. The Labute approximate surface area is 129 Å². The molecule has 0 aromatic heterocycles. The molecule has 0 aliphatic carbocycles. The number of thioether (sulfide) groups is 1. The molecule has 1 aromatic carbocycles. The Hall–Kier alpha value is -0.390. The van der Waals surface area contributed by atoms with Crippen molar-refractivity contribution in [2.24, 2.45) is 5.92 Å². The lowest BCUT2D eigenvalue weighted by Gasteiger charge is -2.09. The third-order valence-electron chi connectivity index (χ3n) is 2.67. The third-order valence-corrected chi connectivity index (χ3v) is 4.74. The van der Waals surface area contributed by atoms with Crippen LogP contribution in [0.4, 0.5) is 4.39 Å². The van der Waals surface area contributed by atoms with Crippen LogP contribution in [0.25, 0.3) is 0 Å². The molecule has 0 N–H and O–H groups in total. The highest BCUT2D eigenvalue weighted by molar-refractivity contribution is 9.10. The lowest BCUT2D eigenvalue weighted by atomic mass is 10.1. The van der Waals surface area contributed by atoms with E-state index in [0.717, 1.165) is 24.2 Å². The number of carbonyl (C=O) groups is 2. The lowest BCUT2D eigenvalue weighted by Crippen LogP contribution is -2.02. The standard InChI is InChI=1S/C13H13BrClFO2S/c1-3-7(2)4-12(17)19-11-5-8(13(15)18)10(16)6-9(11)14/h5-7H,3-4H2,1-2H3. The van der Waals surface area contributed by atoms with Gasteiger partial charge in [0.2, 0.25) is 0 Å². The van der Waals surface area contributed by atoms with E-state index in [1.54, 1.807) is 0 Å². The zero-order chi connectivity index (χ0) is 14.6. The van der Waals surface area contributed by atoms with E-state index in [4.69, 9.17) is 11.6 Å². The molecule has 1 unspecified atom stereocenters. The third kappa shape index (κ3) is 4.89. The molecule has 1 aromatic rings. The first-order valence-corrected chi connectivity index (χ1v) is 7.73. The number of carbonyl (C=O) groups excluding carboxylic acids is 2. The van der Waals surface area contributed by atoms with Crippen molar-refractivity contribution in [3.05, 3.63) is 28.0 Å². The summed E-state index contributed by atoms with van der Waals surface area (Å²) >= 11 is 9.45. The topological polar surface area (TPSA) is 34.1 Å². The van der Waals surface area contributed by atoms with Crippen LogP contribution in [-0.2, 0) is 4.79 Å². The first-order valence-electron chi connectivity index (χ1n) is 5.74. The molecule has 0 radical (unpaired) electrons. The minimum absolute atomic E-state index is 0.0189. The van der Waals surface area contributed by atoms with Crippen LogP contribution in [0.5, 0.6) is 0 Å². The van der Waals surface area contributed by atoms with Gasteiger partial charge in [-0.2, -0.15) is 0 Å². The second-order valence-electron chi connectivity index (χ2n) is 4.23. The van der Waals surface area contributed by atoms with Crippen LogP contribution in [0.2, 0.25) is 0 Å². The molecule has 6 heteroatoms. The van der Waals surface area contributed by atoms with Gasteiger partial charge < -0.3 is 0 Å². The summed E-state index contributed by atoms with van der Waals surface area (Å²) in [5, 5.41) is -0.893. The maximum absolute atomic E-state index is 13.5. The van der Waals surface area contributed by atoms with Gasteiger partial charge >= 0.3 is 0 Å². The molecule has 0 saturated heterocycles. The summed E-state index contributed by atoms with van der Waals surface area (Å²) in [6, 6.07) is 2.45. The van der Waals surface area contributed by atoms with E-state index < -0.39 is 11.1 Å². The molecule has 1 atom stereocenters. The first-order chi connectivity index (χ1) is 8.85. The average molecular weight is 368 g/mol. The van der Waals surface area contributed by atoms with Crippen molar-refractivity contribution in [2.45, 2.75) is 31.6 Å². The van der Waals surface area contributed by atoms with Crippen LogP contribution in [-0.4, -0.2) is 10.4 Å². The van der Waals surface area contributed by atoms with Crippen molar-refractivity contribution in [3.8, 4) is 0 Å². The fourth-order valence-corrected chi connectivity index (χ4v) is 3.00. The van der Waals surface area contributed by atoms with E-state index in [0.29, 0.717) is 21.7 Å². The predicted molar refractivity (Wildman–Crippen MR) is 79.2 cm³/mol. The second-order valence-corrected chi connectivity index (χ2v) is 6.52. The molecule has 0 aliphatic rings. The molecule has 0 spiro atoms. The van der Waals surface area contributed by atoms with Crippen molar-refractivity contribution in [1.29, 1.82) is 0 Å². The van der Waals surface area contributed by atoms with E-state index in [2.05, 4.69) is 15.9 Å². The zero-order valence-electron chi connectivity index (χ0n) is 10.5. The molecule has 104 valence electrons. The van der Waals surface area contributed by atoms with Crippen LogP contribution in [0.1, 0.15) is 37.0 Å². The van der Waals surface area contributed by atoms with E-state index in [-0.39, 0.29) is 10.7 Å². The highest BCUT2D eigenvalue weighted by Crippen LogP contribution is 2.32. The minimum Gasteiger partial charge on any atom is -0.287 e. The van der Waals surface area contributed by atoms with Crippen molar-refractivity contribution in [3.63, 3.8) is 0 Å². The highest BCUT2D eigenvalue weighted by Gasteiger charge is 2.16. The largest absolute Gasteiger partial charge is 0.287 e. The normalized spacial score (nSPS) is 12.3. The Kier molecular flexibility index (Phi) is 6.50. The molecule has 2 nitrogen and oxygen atoms in total. The molecule has 1 rings (SSSR count). The fraction of sp³-hybridized carbons (Fsp3) is 0.385. The Morgan fingerprint density at radius 3 is 2.63 bits per heavy atom. The van der Waals surface area contributed by atoms with Crippen LogP contribution in [0.15, 0.2) is 21.5 Å². The van der Waals surface area contributed by atoms with Gasteiger partial charge in [-0.15, -0.1) is 0 Å². The highest BCUT2D eigenvalue weighted by atomic mass is 79.9. The second kappa shape index (κ2) is 7.41. The van der Waals surface area contributed by atoms with Gasteiger partial charge in [-0.1, -0.05) is 32.0 Å². The van der Waals surface area contributed by atoms with Crippen LogP contribution < -0.4 is 0 Å². The van der Waals surface area contributed by atoms with Gasteiger partial charge in [-0.25, -0.2) is 4.39 Å². The Bertz CT molecular complexity index is 508. The molecule has 0 amide bonds. The predicted octanol–water partition coefficient (Wildman–Crippen LogP) is 5.02. The van der Waals surface area contributed by atoms with Gasteiger partial charge in [-0.3, -0.25) is 9.59 Å². The summed E-state index contributed by atoms with van der Waals surface area (Å²) in [6.07, 6.45) is 1.36. The first kappa shape index (κ1) is 16.7. The monoisotopic (exact) mass is 366 g/mol. The zero-order valence-corrected chi connectivity index (χ0v) is 13.7. The maximum Gasteiger partial charge on any atom is 0.255 e. The summed E-state index contributed by atoms with van der Waals surface area (Å²) in [4.78, 5) is 23.4. The van der Waals surface area contributed by atoms with Crippen LogP contribution >= 0.6 is 39.3 Å². The van der Waals surface area contributed by atoms with Crippen molar-refractivity contribution in [2.75, 3.05) is 0 Å². The summed E-state index contributed by atoms with van der Waals surface area (Å²) < 4.78 is 13.9. The summed E-state index contributed by atoms with van der Waals surface area (Å²) in [5.74, 6) is -0.404. The minimum atomic E-state index is -0.874. The van der Waals surface area contributed by atoms with E-state index in [1.807, 2.05) is 13.8 Å². The SMILES string of the molecule is CCC(C)CC(=O)Sc1cc(C(=O)Cl)c(F)cc1Br. The number of benzene rings is 1. The number of halogens is 3. The van der Waals surface area contributed by atoms with Gasteiger partial charge in [-0.05, 0) is 45.6 Å². The van der Waals surface area contributed by atoms with Gasteiger partial charge in [0.25, 0.3) is 5.24 Å². The quantitative estimate of drug-likeness (QED) is 0.541. The number of rotatable bonds is 5. The van der Waals surface area contributed by atoms with E-state index in [9.17, 15) is 14.0 Å². The summed E-state index contributed by atoms with van der Waals surface area (Å²) in [6.45, 7) is 4.01. The van der Waals surface area contributed by atoms with Crippen LogP contribution in [0.3, 0.4) is 0 Å². The van der Waals surface area contributed by atoms with Gasteiger partial charge in [0.1, 0.15) is 5.82 Å². The lowest BCUT2D eigenvalue weighted by molar-refractivity contribution is -0.111. The Morgan fingerprint density at radius 2 is 2.11 bits per heavy atom. The number of hydrogen-bond acceptors (Lipinski definition) is 3. The Balaban J connectivity index is 2.92. The summed E-state index contributed by atoms with van der Waals surface area (Å²) in [5.41, 5.74) is -0.219. The van der Waals surface area contributed by atoms with E-state index >= 15 is 0 Å². The van der Waals surface area contributed by atoms with Gasteiger partial charge in [0, 0.05) is 15.8 Å². The molecule has 19 heavy (non-hydrogen) atoms. The van der Waals surface area contributed by atoms with Crippen molar-refractivity contribution in [1.82, 2.24) is 0 Å². The molecular weight excluding hydrogens is 355 g/mol. The smallest absolute Gasteiger partial charge is 0.255 e. The number of hydrogen-bond donors (Lipinski definition) is 0. The van der Waals surface area contributed by atoms with E-state index in [1.165, 1.54) is 6.07 Å². The van der Waals surface area contributed by atoms with Gasteiger partial charge in [0.05, 0.1) is 5.56 Å².